The topological polar surface area (TPSA) is 44.5 Å². The molecule has 0 amide bonds. The van der Waals surface area contributed by atoms with Gasteiger partial charge in [-0.1, -0.05) is 6.07 Å². The highest BCUT2D eigenvalue weighted by Crippen LogP contribution is 2.30. The minimum absolute atomic E-state index is 0.0675. The summed E-state index contributed by atoms with van der Waals surface area (Å²) in [5.41, 5.74) is 6.66. The predicted octanol–water partition coefficient (Wildman–Crippen LogP) is 2.06. The van der Waals surface area contributed by atoms with E-state index in [0.717, 1.165) is 25.0 Å². The highest BCUT2D eigenvalue weighted by molar-refractivity contribution is 5.32. The van der Waals surface area contributed by atoms with Gasteiger partial charge in [-0.15, -0.1) is 0 Å². The van der Waals surface area contributed by atoms with Gasteiger partial charge in [0.1, 0.15) is 0 Å². The van der Waals surface area contributed by atoms with Crippen molar-refractivity contribution >= 4 is 0 Å². The molecule has 17 heavy (non-hydrogen) atoms. The van der Waals surface area contributed by atoms with Crippen LogP contribution >= 0.6 is 0 Å². The smallest absolute Gasteiger partial charge is 0.165 e. The molecule has 1 aromatic carbocycles. The molecule has 1 heterocycles. The van der Waals surface area contributed by atoms with E-state index in [1.54, 1.807) is 6.07 Å². The molecule has 1 aromatic rings. The average molecular weight is 239 g/mol. The van der Waals surface area contributed by atoms with E-state index in [9.17, 15) is 4.39 Å². The molecule has 1 fully saturated rings. The van der Waals surface area contributed by atoms with Gasteiger partial charge in [0.15, 0.2) is 11.6 Å². The van der Waals surface area contributed by atoms with E-state index in [2.05, 4.69) is 0 Å². The molecule has 3 nitrogen and oxygen atoms in total. The molecular formula is C13H18FNO2. The number of halogens is 1. The van der Waals surface area contributed by atoms with Gasteiger partial charge in [0.2, 0.25) is 0 Å². The maximum absolute atomic E-state index is 13.6. The third kappa shape index (κ3) is 2.58. The number of hydrogen-bond donors (Lipinski definition) is 1. The van der Waals surface area contributed by atoms with Crippen molar-refractivity contribution in [2.24, 2.45) is 5.73 Å². The minimum Gasteiger partial charge on any atom is -0.494 e. The van der Waals surface area contributed by atoms with E-state index in [0.29, 0.717) is 6.54 Å². The van der Waals surface area contributed by atoms with Crippen LogP contribution < -0.4 is 10.5 Å². The lowest BCUT2D eigenvalue weighted by atomic mass is 9.91. The Bertz CT molecular complexity index is 378. The first-order valence-electron chi connectivity index (χ1n) is 5.91. The molecule has 2 unspecified atom stereocenters. The lowest BCUT2D eigenvalue weighted by Crippen LogP contribution is -2.25. The molecule has 0 radical (unpaired) electrons. The van der Waals surface area contributed by atoms with Crippen LogP contribution in [0.1, 0.15) is 24.3 Å². The summed E-state index contributed by atoms with van der Waals surface area (Å²) in [5.74, 6) is -0.0174. The summed E-state index contributed by atoms with van der Waals surface area (Å²) in [6, 6.07) is 5.00. The van der Waals surface area contributed by atoms with Crippen LogP contribution in [0.15, 0.2) is 18.2 Å². The van der Waals surface area contributed by atoms with Crippen LogP contribution in [0, 0.1) is 5.82 Å². The summed E-state index contributed by atoms with van der Waals surface area (Å²) in [7, 11) is 1.46. The van der Waals surface area contributed by atoms with Gasteiger partial charge in [-0.2, -0.15) is 0 Å². The van der Waals surface area contributed by atoms with E-state index in [1.165, 1.54) is 13.2 Å². The standard InChI is InChI=1S/C13H18FNO2/c1-16-13-5-4-9(7-11(13)14)10(8-15)12-3-2-6-17-12/h4-5,7,10,12H,2-3,6,8,15H2,1H3. The molecule has 2 N–H and O–H groups in total. The van der Waals surface area contributed by atoms with Crippen molar-refractivity contribution in [2.45, 2.75) is 24.9 Å². The zero-order valence-corrected chi connectivity index (χ0v) is 9.99. The van der Waals surface area contributed by atoms with Crippen LogP contribution in [0.5, 0.6) is 5.75 Å². The van der Waals surface area contributed by atoms with Crippen molar-refractivity contribution in [2.75, 3.05) is 20.3 Å². The van der Waals surface area contributed by atoms with Gasteiger partial charge in [0.25, 0.3) is 0 Å². The number of methoxy groups -OCH3 is 1. The molecule has 94 valence electrons. The summed E-state index contributed by atoms with van der Waals surface area (Å²) < 4.78 is 24.2. The van der Waals surface area contributed by atoms with Gasteiger partial charge < -0.3 is 15.2 Å². The van der Waals surface area contributed by atoms with E-state index < -0.39 is 0 Å². The molecule has 2 atom stereocenters. The first kappa shape index (κ1) is 12.3. The third-order valence-corrected chi connectivity index (χ3v) is 3.27. The Hall–Kier alpha value is -1.13. The molecule has 2 rings (SSSR count). The molecule has 0 bridgehead atoms. The van der Waals surface area contributed by atoms with Gasteiger partial charge in [-0.05, 0) is 30.5 Å². The fourth-order valence-corrected chi connectivity index (χ4v) is 2.34. The van der Waals surface area contributed by atoms with E-state index in [1.807, 2.05) is 6.07 Å². The Labute approximate surface area is 101 Å². The van der Waals surface area contributed by atoms with Crippen molar-refractivity contribution in [1.29, 1.82) is 0 Å². The van der Waals surface area contributed by atoms with Crippen molar-refractivity contribution < 1.29 is 13.9 Å². The fraction of sp³-hybridized carbons (Fsp3) is 0.538. The highest BCUT2D eigenvalue weighted by atomic mass is 19.1. The molecule has 1 aliphatic rings. The normalized spacial score (nSPS) is 21.5. The Morgan fingerprint density at radius 3 is 2.94 bits per heavy atom. The van der Waals surface area contributed by atoms with Crippen LogP contribution in [-0.2, 0) is 4.74 Å². The van der Waals surface area contributed by atoms with Crippen LogP contribution in [0.2, 0.25) is 0 Å². The largest absolute Gasteiger partial charge is 0.494 e. The van der Waals surface area contributed by atoms with Gasteiger partial charge in [0, 0.05) is 19.1 Å². The average Bonchev–Trinajstić information content (AvgIpc) is 2.84. The maximum atomic E-state index is 13.6. The first-order chi connectivity index (χ1) is 8.26. The lowest BCUT2D eigenvalue weighted by Gasteiger charge is -2.22. The summed E-state index contributed by atoms with van der Waals surface area (Å²) in [6.07, 6.45) is 2.17. The summed E-state index contributed by atoms with van der Waals surface area (Å²) in [4.78, 5) is 0. The fourth-order valence-electron chi connectivity index (χ4n) is 2.34. The molecule has 1 aliphatic heterocycles. The second-order valence-electron chi connectivity index (χ2n) is 4.29. The molecule has 0 aliphatic carbocycles. The van der Waals surface area contributed by atoms with Crippen molar-refractivity contribution in [3.05, 3.63) is 29.6 Å². The monoisotopic (exact) mass is 239 g/mol. The zero-order valence-electron chi connectivity index (χ0n) is 9.99. The van der Waals surface area contributed by atoms with E-state index >= 15 is 0 Å². The molecule has 1 saturated heterocycles. The lowest BCUT2D eigenvalue weighted by molar-refractivity contribution is 0.0904. The van der Waals surface area contributed by atoms with Gasteiger partial charge in [0.05, 0.1) is 13.2 Å². The predicted molar refractivity (Wildman–Crippen MR) is 63.7 cm³/mol. The van der Waals surface area contributed by atoms with Crippen molar-refractivity contribution in [3.63, 3.8) is 0 Å². The summed E-state index contributed by atoms with van der Waals surface area (Å²) >= 11 is 0. The van der Waals surface area contributed by atoms with Crippen LogP contribution in [-0.4, -0.2) is 26.4 Å². The number of rotatable bonds is 4. The third-order valence-electron chi connectivity index (χ3n) is 3.27. The molecule has 4 heteroatoms. The second kappa shape index (κ2) is 5.47. The quantitative estimate of drug-likeness (QED) is 0.874. The Balaban J connectivity index is 2.21. The van der Waals surface area contributed by atoms with Crippen LogP contribution in [0.25, 0.3) is 0 Å². The van der Waals surface area contributed by atoms with Gasteiger partial charge >= 0.3 is 0 Å². The zero-order chi connectivity index (χ0) is 12.3. The highest BCUT2D eigenvalue weighted by Gasteiger charge is 2.26. The maximum Gasteiger partial charge on any atom is 0.165 e. The van der Waals surface area contributed by atoms with Gasteiger partial charge in [-0.25, -0.2) is 4.39 Å². The minimum atomic E-state index is -0.346. The Kier molecular flexibility index (Phi) is 3.97. The molecule has 0 spiro atoms. The molecule has 0 aromatic heterocycles. The number of ether oxygens (including phenoxy) is 2. The van der Waals surface area contributed by atoms with Crippen molar-refractivity contribution in [1.82, 2.24) is 0 Å². The number of benzene rings is 1. The first-order valence-corrected chi connectivity index (χ1v) is 5.91. The van der Waals surface area contributed by atoms with Crippen LogP contribution in [0.4, 0.5) is 4.39 Å². The van der Waals surface area contributed by atoms with Crippen LogP contribution in [0.3, 0.4) is 0 Å². The Morgan fingerprint density at radius 1 is 1.59 bits per heavy atom. The van der Waals surface area contributed by atoms with Crippen molar-refractivity contribution in [3.8, 4) is 5.75 Å². The Morgan fingerprint density at radius 2 is 2.41 bits per heavy atom. The van der Waals surface area contributed by atoms with E-state index in [-0.39, 0.29) is 23.6 Å². The molecule has 0 saturated carbocycles. The summed E-state index contributed by atoms with van der Waals surface area (Å²) in [6.45, 7) is 1.25. The summed E-state index contributed by atoms with van der Waals surface area (Å²) in [5, 5.41) is 0. The SMILES string of the molecule is COc1ccc(C(CN)C2CCCO2)cc1F. The number of nitrogens with two attached hydrogens (primary N) is 1. The number of hydrogen-bond acceptors (Lipinski definition) is 3. The van der Waals surface area contributed by atoms with E-state index in [4.69, 9.17) is 15.2 Å². The second-order valence-corrected chi connectivity index (χ2v) is 4.29. The molecular weight excluding hydrogens is 221 g/mol. The van der Waals surface area contributed by atoms with Gasteiger partial charge in [-0.3, -0.25) is 0 Å².